The van der Waals surface area contributed by atoms with Crippen LogP contribution in [0.2, 0.25) is 0 Å². The Balaban J connectivity index is 1.34. The third-order valence-corrected chi connectivity index (χ3v) is 4.99. The molecule has 2 amide bonds. The maximum atomic E-state index is 12.1. The topological polar surface area (TPSA) is 114 Å². The van der Waals surface area contributed by atoms with Crippen LogP contribution in [0.25, 0.3) is 11.1 Å². The lowest BCUT2D eigenvalue weighted by Gasteiger charge is -2.14. The van der Waals surface area contributed by atoms with Gasteiger partial charge < -0.3 is 25.2 Å². The van der Waals surface area contributed by atoms with Crippen molar-refractivity contribution in [3.05, 3.63) is 59.7 Å². The fourth-order valence-corrected chi connectivity index (χ4v) is 3.60. The average Bonchev–Trinajstić information content (AvgIpc) is 3.08. The minimum absolute atomic E-state index is 0.00673. The van der Waals surface area contributed by atoms with Crippen molar-refractivity contribution in [1.29, 1.82) is 0 Å². The van der Waals surface area contributed by atoms with Gasteiger partial charge in [-0.1, -0.05) is 48.5 Å². The van der Waals surface area contributed by atoms with Gasteiger partial charge in [-0.3, -0.25) is 4.79 Å². The van der Waals surface area contributed by atoms with E-state index in [1.165, 1.54) is 11.1 Å². The molecule has 0 unspecified atom stereocenters. The molecule has 3 rings (SSSR count). The predicted molar refractivity (Wildman–Crippen MR) is 114 cm³/mol. The summed E-state index contributed by atoms with van der Waals surface area (Å²) >= 11 is 0. The minimum atomic E-state index is -1.05. The molecule has 8 nitrogen and oxygen atoms in total. The highest BCUT2D eigenvalue weighted by molar-refractivity contribution is 5.79. The van der Waals surface area contributed by atoms with Crippen molar-refractivity contribution in [3.63, 3.8) is 0 Å². The summed E-state index contributed by atoms with van der Waals surface area (Å²) in [6, 6.07) is 16.3. The third kappa shape index (κ3) is 6.29. The zero-order chi connectivity index (χ0) is 22.1. The number of carbonyl (C=O) groups excluding carboxylic acids is 2. The number of rotatable bonds is 11. The summed E-state index contributed by atoms with van der Waals surface area (Å²) in [7, 11) is 0. The molecule has 31 heavy (non-hydrogen) atoms. The van der Waals surface area contributed by atoms with Crippen molar-refractivity contribution in [2.24, 2.45) is 0 Å². The second kappa shape index (κ2) is 11.1. The number of fused-ring (bicyclic) bond motifs is 3. The Hall–Kier alpha value is -3.39. The van der Waals surface area contributed by atoms with Crippen LogP contribution in [0.1, 0.15) is 29.9 Å². The lowest BCUT2D eigenvalue weighted by Crippen LogP contribution is -2.30. The molecule has 0 atom stereocenters. The number of carbonyl (C=O) groups is 3. The number of alkyl carbamates (subject to hydrolysis) is 1. The Kier molecular flexibility index (Phi) is 8.00. The molecule has 3 N–H and O–H groups in total. The summed E-state index contributed by atoms with van der Waals surface area (Å²) in [5.74, 6) is -1.23. The Bertz CT molecular complexity index is 884. The number of carboxylic acids is 1. The van der Waals surface area contributed by atoms with Gasteiger partial charge >= 0.3 is 12.1 Å². The predicted octanol–water partition coefficient (Wildman–Crippen LogP) is 2.52. The Morgan fingerprint density at radius 1 is 0.903 bits per heavy atom. The molecule has 0 bridgehead atoms. The van der Waals surface area contributed by atoms with E-state index in [0.29, 0.717) is 13.0 Å². The maximum absolute atomic E-state index is 12.1. The molecule has 8 heteroatoms. The van der Waals surface area contributed by atoms with E-state index in [-0.39, 0.29) is 44.6 Å². The summed E-state index contributed by atoms with van der Waals surface area (Å²) in [5, 5.41) is 13.7. The monoisotopic (exact) mass is 426 g/mol. The van der Waals surface area contributed by atoms with Crippen LogP contribution in [0.3, 0.4) is 0 Å². The SMILES string of the molecule is O=C(O)COCCNC(=O)CCCNC(=O)OCC1c2ccccc2-c2ccccc21. The Labute approximate surface area is 180 Å². The van der Waals surface area contributed by atoms with Gasteiger partial charge in [0.15, 0.2) is 0 Å². The van der Waals surface area contributed by atoms with E-state index in [1.807, 2.05) is 24.3 Å². The van der Waals surface area contributed by atoms with Crippen molar-refractivity contribution in [2.75, 3.05) is 32.9 Å². The summed E-state index contributed by atoms with van der Waals surface area (Å²) in [4.78, 5) is 34.1. The first-order valence-electron chi connectivity index (χ1n) is 10.2. The smallest absolute Gasteiger partial charge is 0.407 e. The van der Waals surface area contributed by atoms with Crippen LogP contribution in [-0.4, -0.2) is 56.0 Å². The number of amides is 2. The Morgan fingerprint density at radius 2 is 1.55 bits per heavy atom. The van der Waals surface area contributed by atoms with Gasteiger partial charge in [0.2, 0.25) is 5.91 Å². The molecule has 2 aromatic rings. The van der Waals surface area contributed by atoms with E-state index in [9.17, 15) is 14.4 Å². The normalized spacial score (nSPS) is 12.0. The molecule has 0 saturated carbocycles. The van der Waals surface area contributed by atoms with Gasteiger partial charge in [0.1, 0.15) is 13.2 Å². The van der Waals surface area contributed by atoms with Crippen LogP contribution in [-0.2, 0) is 19.1 Å². The molecule has 0 spiro atoms. The second-order valence-corrected chi connectivity index (χ2v) is 7.15. The van der Waals surface area contributed by atoms with Gasteiger partial charge in [0, 0.05) is 25.4 Å². The summed E-state index contributed by atoms with van der Waals surface area (Å²) < 4.78 is 10.3. The average molecular weight is 426 g/mol. The van der Waals surface area contributed by atoms with Crippen LogP contribution >= 0.6 is 0 Å². The maximum Gasteiger partial charge on any atom is 0.407 e. The van der Waals surface area contributed by atoms with Crippen LogP contribution < -0.4 is 10.6 Å². The van der Waals surface area contributed by atoms with Gasteiger partial charge in [-0.2, -0.15) is 0 Å². The van der Waals surface area contributed by atoms with Crippen LogP contribution in [0, 0.1) is 0 Å². The number of aliphatic carboxylic acids is 1. The van der Waals surface area contributed by atoms with E-state index in [2.05, 4.69) is 34.9 Å². The van der Waals surface area contributed by atoms with Gasteiger partial charge in [-0.15, -0.1) is 0 Å². The second-order valence-electron chi connectivity index (χ2n) is 7.15. The number of hydrogen-bond donors (Lipinski definition) is 3. The molecule has 0 heterocycles. The van der Waals surface area contributed by atoms with Crippen molar-refractivity contribution in [3.8, 4) is 11.1 Å². The number of nitrogens with one attached hydrogen (secondary N) is 2. The highest BCUT2D eigenvalue weighted by Crippen LogP contribution is 2.44. The van der Waals surface area contributed by atoms with Crippen LogP contribution in [0.5, 0.6) is 0 Å². The van der Waals surface area contributed by atoms with Gasteiger partial charge in [-0.05, 0) is 28.7 Å². The highest BCUT2D eigenvalue weighted by Gasteiger charge is 2.28. The molecule has 0 fully saturated rings. The molecule has 0 radical (unpaired) electrons. The summed E-state index contributed by atoms with van der Waals surface area (Å²) in [6.45, 7) is 0.554. The quantitative estimate of drug-likeness (QED) is 0.476. The fourth-order valence-electron chi connectivity index (χ4n) is 3.60. The Morgan fingerprint density at radius 3 is 2.19 bits per heavy atom. The first kappa shape index (κ1) is 22.3. The summed E-state index contributed by atoms with van der Waals surface area (Å²) in [5.41, 5.74) is 4.65. The van der Waals surface area contributed by atoms with E-state index in [0.717, 1.165) is 11.1 Å². The first-order chi connectivity index (χ1) is 15.1. The van der Waals surface area contributed by atoms with Gasteiger partial charge in [-0.25, -0.2) is 9.59 Å². The molecule has 0 aliphatic heterocycles. The molecule has 2 aromatic carbocycles. The number of ether oxygens (including phenoxy) is 2. The fraction of sp³-hybridized carbons (Fsp3) is 0.348. The van der Waals surface area contributed by atoms with Crippen LogP contribution in [0.4, 0.5) is 4.79 Å². The molecule has 1 aliphatic rings. The molecule has 1 aliphatic carbocycles. The standard InChI is InChI=1S/C23H26N2O6/c26-21(24-12-13-30-15-22(27)28)10-5-11-25-23(29)31-14-20-18-8-3-1-6-16(18)17-7-2-4-9-19(17)20/h1-4,6-9,20H,5,10-15H2,(H,24,26)(H,25,29)(H,27,28). The van der Waals surface area contributed by atoms with E-state index in [1.54, 1.807) is 0 Å². The highest BCUT2D eigenvalue weighted by atomic mass is 16.5. The van der Waals surface area contributed by atoms with Gasteiger partial charge in [0.25, 0.3) is 0 Å². The van der Waals surface area contributed by atoms with Crippen molar-refractivity contribution < 1.29 is 29.0 Å². The third-order valence-electron chi connectivity index (χ3n) is 4.99. The number of carboxylic acid groups (broad SMARTS) is 1. The van der Waals surface area contributed by atoms with E-state index < -0.39 is 12.1 Å². The largest absolute Gasteiger partial charge is 0.480 e. The van der Waals surface area contributed by atoms with Crippen molar-refractivity contribution >= 4 is 18.0 Å². The van der Waals surface area contributed by atoms with E-state index in [4.69, 9.17) is 14.6 Å². The molecular weight excluding hydrogens is 400 g/mol. The zero-order valence-corrected chi connectivity index (χ0v) is 17.1. The van der Waals surface area contributed by atoms with Gasteiger partial charge in [0.05, 0.1) is 6.61 Å². The molecule has 0 aromatic heterocycles. The molecular formula is C23H26N2O6. The van der Waals surface area contributed by atoms with Crippen molar-refractivity contribution in [1.82, 2.24) is 10.6 Å². The van der Waals surface area contributed by atoms with E-state index >= 15 is 0 Å². The lowest BCUT2D eigenvalue weighted by molar-refractivity contribution is -0.142. The number of hydrogen-bond acceptors (Lipinski definition) is 5. The zero-order valence-electron chi connectivity index (χ0n) is 17.1. The molecule has 164 valence electrons. The van der Waals surface area contributed by atoms with Crippen molar-refractivity contribution in [2.45, 2.75) is 18.8 Å². The lowest BCUT2D eigenvalue weighted by atomic mass is 9.98. The summed E-state index contributed by atoms with van der Waals surface area (Å²) in [6.07, 6.45) is 0.193. The minimum Gasteiger partial charge on any atom is -0.480 e. The molecule has 0 saturated heterocycles. The van der Waals surface area contributed by atoms with Crippen LogP contribution in [0.15, 0.2) is 48.5 Å². The first-order valence-corrected chi connectivity index (χ1v) is 10.2. The number of benzene rings is 2.